The molecule has 1 rings (SSSR count). The molecule has 0 amide bonds. The van der Waals surface area contributed by atoms with Gasteiger partial charge in [0.2, 0.25) is 0 Å². The molecule has 1 aromatic carbocycles. The topological polar surface area (TPSA) is 127 Å². The van der Waals surface area contributed by atoms with Crippen LogP contribution in [0.3, 0.4) is 0 Å². The van der Waals surface area contributed by atoms with E-state index in [1.54, 1.807) is 24.3 Å². The maximum absolute atomic E-state index is 10.7. The minimum atomic E-state index is -1.19. The molecule has 0 heterocycles. The Kier molecular flexibility index (Phi) is 4.45. The lowest BCUT2D eigenvalue weighted by molar-refractivity contribution is -0.138. The molecule has 0 spiro atoms. The van der Waals surface area contributed by atoms with Gasteiger partial charge in [-0.05, 0) is 18.1 Å². The van der Waals surface area contributed by atoms with Crippen molar-refractivity contribution < 1.29 is 19.8 Å². The molecule has 0 aliphatic carbocycles. The first kappa shape index (κ1) is 13.7. The SMILES string of the molecule is Nc1ccccc1/C(=C\C(=O)O)CC(N)C(=O)O. The summed E-state index contributed by atoms with van der Waals surface area (Å²) in [5.74, 6) is -2.37. The van der Waals surface area contributed by atoms with Gasteiger partial charge in [0, 0.05) is 17.3 Å². The van der Waals surface area contributed by atoms with Crippen LogP contribution in [0.1, 0.15) is 12.0 Å². The van der Waals surface area contributed by atoms with Gasteiger partial charge in [-0.15, -0.1) is 0 Å². The Balaban J connectivity index is 3.11. The normalized spacial score (nSPS) is 13.1. The van der Waals surface area contributed by atoms with Crippen LogP contribution in [0.2, 0.25) is 0 Å². The van der Waals surface area contributed by atoms with Crippen molar-refractivity contribution in [2.75, 3.05) is 5.73 Å². The van der Waals surface area contributed by atoms with Crippen LogP contribution in [0.4, 0.5) is 5.69 Å². The zero-order chi connectivity index (χ0) is 13.7. The summed E-state index contributed by atoms with van der Waals surface area (Å²) in [6, 6.07) is 5.45. The van der Waals surface area contributed by atoms with E-state index >= 15 is 0 Å². The molecular formula is C12H14N2O4. The predicted octanol–water partition coefficient (Wildman–Crippen LogP) is 0.539. The number of nitrogen functional groups attached to an aromatic ring is 1. The Morgan fingerprint density at radius 3 is 2.39 bits per heavy atom. The monoisotopic (exact) mass is 250 g/mol. The highest BCUT2D eigenvalue weighted by atomic mass is 16.4. The molecule has 1 aromatic rings. The van der Waals surface area contributed by atoms with Gasteiger partial charge in [0.05, 0.1) is 0 Å². The summed E-state index contributed by atoms with van der Waals surface area (Å²) in [5.41, 5.74) is 12.3. The molecule has 1 atom stereocenters. The zero-order valence-electron chi connectivity index (χ0n) is 9.54. The molecule has 0 aliphatic heterocycles. The Morgan fingerprint density at radius 1 is 1.28 bits per heavy atom. The standard InChI is InChI=1S/C12H14N2O4/c13-9-4-2-1-3-8(9)7(6-11(15)16)5-10(14)12(17)18/h1-4,6,10H,5,13-14H2,(H,15,16)(H,17,18)/b7-6-. The average molecular weight is 250 g/mol. The van der Waals surface area contributed by atoms with Crippen molar-refractivity contribution in [1.82, 2.24) is 0 Å². The Morgan fingerprint density at radius 2 is 1.89 bits per heavy atom. The minimum absolute atomic E-state index is 0.101. The number of nitrogens with two attached hydrogens (primary N) is 2. The van der Waals surface area contributed by atoms with Gasteiger partial charge in [0.15, 0.2) is 0 Å². The molecule has 0 saturated carbocycles. The van der Waals surface area contributed by atoms with E-state index in [2.05, 4.69) is 0 Å². The molecule has 0 aromatic heterocycles. The maximum Gasteiger partial charge on any atom is 0.328 e. The van der Waals surface area contributed by atoms with Gasteiger partial charge >= 0.3 is 11.9 Å². The van der Waals surface area contributed by atoms with Crippen LogP contribution in [0.5, 0.6) is 0 Å². The van der Waals surface area contributed by atoms with E-state index in [-0.39, 0.29) is 12.0 Å². The van der Waals surface area contributed by atoms with Crippen molar-refractivity contribution in [3.8, 4) is 0 Å². The largest absolute Gasteiger partial charge is 0.480 e. The van der Waals surface area contributed by atoms with Gasteiger partial charge in [-0.25, -0.2) is 4.79 Å². The number of para-hydroxylation sites is 1. The first-order valence-electron chi connectivity index (χ1n) is 5.18. The fourth-order valence-corrected chi connectivity index (χ4v) is 1.51. The quantitative estimate of drug-likeness (QED) is 0.446. The summed E-state index contributed by atoms with van der Waals surface area (Å²) in [6.45, 7) is 0. The maximum atomic E-state index is 10.7. The lowest BCUT2D eigenvalue weighted by Gasteiger charge is -2.12. The summed E-state index contributed by atoms with van der Waals surface area (Å²) in [7, 11) is 0. The van der Waals surface area contributed by atoms with Gasteiger partial charge in [-0.3, -0.25) is 4.79 Å². The van der Waals surface area contributed by atoms with Crippen LogP contribution in [-0.4, -0.2) is 28.2 Å². The van der Waals surface area contributed by atoms with Gasteiger partial charge in [0.1, 0.15) is 6.04 Å². The highest BCUT2D eigenvalue weighted by molar-refractivity contribution is 5.93. The lowest BCUT2D eigenvalue weighted by Crippen LogP contribution is -2.30. The molecule has 96 valence electrons. The summed E-state index contributed by atoms with van der Waals surface area (Å²) in [6.07, 6.45) is 0.824. The number of carbonyl (C=O) groups is 2. The lowest BCUT2D eigenvalue weighted by atomic mass is 9.97. The first-order valence-corrected chi connectivity index (χ1v) is 5.18. The van der Waals surface area contributed by atoms with Crippen molar-refractivity contribution in [3.63, 3.8) is 0 Å². The molecule has 6 N–H and O–H groups in total. The zero-order valence-corrected chi connectivity index (χ0v) is 9.54. The highest BCUT2D eigenvalue weighted by Crippen LogP contribution is 2.24. The fourth-order valence-electron chi connectivity index (χ4n) is 1.51. The number of aliphatic carboxylic acids is 2. The van der Waals surface area contributed by atoms with E-state index < -0.39 is 18.0 Å². The van der Waals surface area contributed by atoms with Crippen LogP contribution in [-0.2, 0) is 9.59 Å². The van der Waals surface area contributed by atoms with Crippen LogP contribution < -0.4 is 11.5 Å². The molecule has 0 aliphatic rings. The Bertz CT molecular complexity index is 497. The summed E-state index contributed by atoms with van der Waals surface area (Å²) >= 11 is 0. The molecular weight excluding hydrogens is 236 g/mol. The minimum Gasteiger partial charge on any atom is -0.480 e. The molecule has 0 radical (unpaired) electrons. The molecule has 0 fully saturated rings. The number of hydrogen-bond acceptors (Lipinski definition) is 4. The Hall–Kier alpha value is -2.34. The third kappa shape index (κ3) is 3.60. The smallest absolute Gasteiger partial charge is 0.328 e. The molecule has 0 bridgehead atoms. The van der Waals surface area contributed by atoms with Gasteiger partial charge < -0.3 is 21.7 Å². The number of rotatable bonds is 5. The number of benzene rings is 1. The third-order valence-corrected chi connectivity index (χ3v) is 2.36. The van der Waals surface area contributed by atoms with Gasteiger partial charge in [-0.1, -0.05) is 18.2 Å². The second-order valence-corrected chi connectivity index (χ2v) is 3.74. The third-order valence-electron chi connectivity index (χ3n) is 2.36. The number of carboxylic acid groups (broad SMARTS) is 2. The number of anilines is 1. The molecule has 6 heteroatoms. The van der Waals surface area contributed by atoms with Crippen molar-refractivity contribution in [3.05, 3.63) is 35.9 Å². The van der Waals surface area contributed by atoms with E-state index in [0.717, 1.165) is 6.08 Å². The van der Waals surface area contributed by atoms with E-state index in [1.165, 1.54) is 0 Å². The number of carboxylic acids is 2. The van der Waals surface area contributed by atoms with Crippen LogP contribution in [0, 0.1) is 0 Å². The summed E-state index contributed by atoms with van der Waals surface area (Å²) < 4.78 is 0. The average Bonchev–Trinajstić information content (AvgIpc) is 2.28. The predicted molar refractivity (Wildman–Crippen MR) is 66.7 cm³/mol. The van der Waals surface area contributed by atoms with Crippen molar-refractivity contribution in [2.24, 2.45) is 5.73 Å². The highest BCUT2D eigenvalue weighted by Gasteiger charge is 2.17. The molecule has 6 nitrogen and oxygen atoms in total. The van der Waals surface area contributed by atoms with Crippen LogP contribution >= 0.6 is 0 Å². The van der Waals surface area contributed by atoms with Gasteiger partial charge in [0.25, 0.3) is 0 Å². The van der Waals surface area contributed by atoms with Crippen LogP contribution in [0.15, 0.2) is 30.3 Å². The summed E-state index contributed by atoms with van der Waals surface area (Å²) in [5, 5.41) is 17.5. The second-order valence-electron chi connectivity index (χ2n) is 3.74. The van der Waals surface area contributed by atoms with E-state index in [9.17, 15) is 9.59 Å². The van der Waals surface area contributed by atoms with Crippen LogP contribution in [0.25, 0.3) is 5.57 Å². The van der Waals surface area contributed by atoms with Crippen molar-refractivity contribution in [2.45, 2.75) is 12.5 Å². The summed E-state index contributed by atoms with van der Waals surface area (Å²) in [4.78, 5) is 21.4. The number of hydrogen-bond donors (Lipinski definition) is 4. The first-order chi connectivity index (χ1) is 8.41. The fraction of sp³-hybridized carbons (Fsp3) is 0.167. The molecule has 0 saturated heterocycles. The molecule has 18 heavy (non-hydrogen) atoms. The van der Waals surface area contributed by atoms with E-state index in [4.69, 9.17) is 21.7 Å². The van der Waals surface area contributed by atoms with Crippen molar-refractivity contribution >= 4 is 23.2 Å². The Labute approximate surface area is 104 Å². The van der Waals surface area contributed by atoms with E-state index in [1.807, 2.05) is 0 Å². The van der Waals surface area contributed by atoms with Crippen molar-refractivity contribution in [1.29, 1.82) is 0 Å². The van der Waals surface area contributed by atoms with Gasteiger partial charge in [-0.2, -0.15) is 0 Å². The second kappa shape index (κ2) is 5.83. The molecule has 1 unspecified atom stereocenters. The van der Waals surface area contributed by atoms with E-state index in [0.29, 0.717) is 11.3 Å².